The molecule has 0 unspecified atom stereocenters. The van der Waals surface area contributed by atoms with Crippen molar-refractivity contribution in [2.75, 3.05) is 26.7 Å². The van der Waals surface area contributed by atoms with Crippen LogP contribution in [0.15, 0.2) is 0 Å². The van der Waals surface area contributed by atoms with E-state index < -0.39 is 0 Å². The third kappa shape index (κ3) is 2.30. The van der Waals surface area contributed by atoms with Gasteiger partial charge in [-0.05, 0) is 13.5 Å². The van der Waals surface area contributed by atoms with Gasteiger partial charge in [-0.25, -0.2) is 4.68 Å². The van der Waals surface area contributed by atoms with Gasteiger partial charge in [-0.2, -0.15) is 5.10 Å². The Kier molecular flexibility index (Phi) is 3.69. The highest BCUT2D eigenvalue weighted by atomic mass is 16.5. The van der Waals surface area contributed by atoms with E-state index in [1.807, 2.05) is 18.7 Å². The summed E-state index contributed by atoms with van der Waals surface area (Å²) in [5, 5.41) is 7.74. The molecule has 1 aromatic rings. The van der Waals surface area contributed by atoms with Crippen LogP contribution in [0.1, 0.15) is 18.2 Å². The van der Waals surface area contributed by atoms with E-state index in [4.69, 9.17) is 4.74 Å². The zero-order valence-corrected chi connectivity index (χ0v) is 11.2. The van der Waals surface area contributed by atoms with Crippen LogP contribution in [0.2, 0.25) is 0 Å². The molecule has 1 aromatic heterocycles. The molecule has 0 atom stereocenters. The van der Waals surface area contributed by atoms with Crippen molar-refractivity contribution >= 4 is 0 Å². The van der Waals surface area contributed by atoms with Gasteiger partial charge < -0.3 is 10.1 Å². The minimum Gasteiger partial charge on any atom is -0.481 e. The first-order chi connectivity index (χ1) is 8.17. The molecule has 0 aromatic carbocycles. The van der Waals surface area contributed by atoms with Crippen LogP contribution >= 0.6 is 0 Å². The van der Waals surface area contributed by atoms with Crippen LogP contribution in [-0.4, -0.2) is 47.5 Å². The summed E-state index contributed by atoms with van der Waals surface area (Å²) in [5.74, 6) is 0.883. The maximum Gasteiger partial charge on any atom is 0.216 e. The predicted molar refractivity (Wildman–Crippen MR) is 67.2 cm³/mol. The van der Waals surface area contributed by atoms with E-state index in [1.165, 1.54) is 5.56 Å². The lowest BCUT2D eigenvalue weighted by atomic mass is 10.1. The molecule has 96 valence electrons. The number of nitrogens with zero attached hydrogens (tertiary/aromatic N) is 3. The molecule has 1 aliphatic heterocycles. The van der Waals surface area contributed by atoms with Crippen molar-refractivity contribution in [2.45, 2.75) is 26.4 Å². The van der Waals surface area contributed by atoms with Gasteiger partial charge in [-0.3, -0.25) is 4.90 Å². The molecule has 1 aliphatic rings. The smallest absolute Gasteiger partial charge is 0.216 e. The first-order valence-corrected chi connectivity index (χ1v) is 6.18. The standard InChI is InChI=1S/C12H22N4O/c1-5-16(10-6-13-7-10)8-11-9(2)14-15(3)12(11)17-4/h10,13H,5-8H2,1-4H3. The SMILES string of the molecule is CCN(Cc1c(C)nn(C)c1OC)C1CNC1. The van der Waals surface area contributed by atoms with Crippen molar-refractivity contribution in [3.8, 4) is 5.88 Å². The number of aryl methyl sites for hydroxylation is 2. The van der Waals surface area contributed by atoms with E-state index in [-0.39, 0.29) is 0 Å². The topological polar surface area (TPSA) is 42.3 Å². The summed E-state index contributed by atoms with van der Waals surface area (Å²) in [6.45, 7) is 8.42. The molecule has 2 rings (SSSR count). The van der Waals surface area contributed by atoms with Crippen molar-refractivity contribution < 1.29 is 4.74 Å². The minimum atomic E-state index is 0.657. The zero-order valence-electron chi connectivity index (χ0n) is 11.2. The molecular weight excluding hydrogens is 216 g/mol. The molecule has 5 nitrogen and oxygen atoms in total. The van der Waals surface area contributed by atoms with Gasteiger partial charge in [0.2, 0.25) is 5.88 Å². The summed E-state index contributed by atoms with van der Waals surface area (Å²) in [6.07, 6.45) is 0. The molecule has 1 saturated heterocycles. The average molecular weight is 238 g/mol. The lowest BCUT2D eigenvalue weighted by Crippen LogP contribution is -2.56. The largest absolute Gasteiger partial charge is 0.481 e. The lowest BCUT2D eigenvalue weighted by Gasteiger charge is -2.37. The van der Waals surface area contributed by atoms with Crippen molar-refractivity contribution in [2.24, 2.45) is 7.05 Å². The van der Waals surface area contributed by atoms with Gasteiger partial charge >= 0.3 is 0 Å². The molecule has 17 heavy (non-hydrogen) atoms. The van der Waals surface area contributed by atoms with Crippen molar-refractivity contribution in [3.05, 3.63) is 11.3 Å². The number of likely N-dealkylation sites (N-methyl/N-ethyl adjacent to an activating group) is 1. The van der Waals surface area contributed by atoms with Crippen LogP contribution in [0.4, 0.5) is 0 Å². The van der Waals surface area contributed by atoms with E-state index >= 15 is 0 Å². The molecule has 2 heterocycles. The first-order valence-electron chi connectivity index (χ1n) is 6.18. The van der Waals surface area contributed by atoms with Gasteiger partial charge in [0.25, 0.3) is 0 Å². The molecule has 1 fully saturated rings. The summed E-state index contributed by atoms with van der Waals surface area (Å²) in [4.78, 5) is 2.48. The summed E-state index contributed by atoms with van der Waals surface area (Å²) >= 11 is 0. The highest BCUT2D eigenvalue weighted by Gasteiger charge is 2.25. The van der Waals surface area contributed by atoms with Crippen LogP contribution in [-0.2, 0) is 13.6 Å². The summed E-state index contributed by atoms with van der Waals surface area (Å²) in [7, 11) is 3.64. The number of ether oxygens (including phenoxy) is 1. The number of aromatic nitrogens is 2. The van der Waals surface area contributed by atoms with Crippen LogP contribution in [0.5, 0.6) is 5.88 Å². The third-order valence-corrected chi connectivity index (χ3v) is 3.53. The Bertz CT molecular complexity index is 384. The van der Waals surface area contributed by atoms with Gasteiger partial charge in [0.15, 0.2) is 0 Å². The van der Waals surface area contributed by atoms with Crippen LogP contribution in [0.25, 0.3) is 0 Å². The Morgan fingerprint density at radius 3 is 2.71 bits per heavy atom. The molecule has 5 heteroatoms. The quantitative estimate of drug-likeness (QED) is 0.812. The van der Waals surface area contributed by atoms with E-state index in [0.29, 0.717) is 6.04 Å². The third-order valence-electron chi connectivity index (χ3n) is 3.53. The molecule has 1 N–H and O–H groups in total. The molecule has 0 radical (unpaired) electrons. The fourth-order valence-corrected chi connectivity index (χ4v) is 2.35. The van der Waals surface area contributed by atoms with Crippen LogP contribution < -0.4 is 10.1 Å². The van der Waals surface area contributed by atoms with E-state index in [2.05, 4.69) is 22.2 Å². The molecule has 0 amide bonds. The highest BCUT2D eigenvalue weighted by molar-refractivity contribution is 5.30. The van der Waals surface area contributed by atoms with Crippen molar-refractivity contribution in [1.82, 2.24) is 20.0 Å². The lowest BCUT2D eigenvalue weighted by molar-refractivity contribution is 0.143. The van der Waals surface area contributed by atoms with Crippen molar-refractivity contribution in [1.29, 1.82) is 0 Å². The van der Waals surface area contributed by atoms with Crippen LogP contribution in [0.3, 0.4) is 0 Å². The number of methoxy groups -OCH3 is 1. The van der Waals surface area contributed by atoms with E-state index in [9.17, 15) is 0 Å². The highest BCUT2D eigenvalue weighted by Crippen LogP contribution is 2.23. The van der Waals surface area contributed by atoms with Gasteiger partial charge in [0, 0.05) is 32.7 Å². The Balaban J connectivity index is 2.15. The van der Waals surface area contributed by atoms with Gasteiger partial charge in [-0.15, -0.1) is 0 Å². The Labute approximate surface area is 103 Å². The Morgan fingerprint density at radius 1 is 1.53 bits per heavy atom. The maximum absolute atomic E-state index is 5.43. The average Bonchev–Trinajstić information content (AvgIpc) is 2.49. The number of nitrogens with one attached hydrogen (secondary N) is 1. The summed E-state index contributed by atoms with van der Waals surface area (Å²) < 4.78 is 7.25. The van der Waals surface area contributed by atoms with Crippen LogP contribution in [0, 0.1) is 6.92 Å². The maximum atomic E-state index is 5.43. The number of hydrogen-bond acceptors (Lipinski definition) is 4. The zero-order chi connectivity index (χ0) is 12.4. The number of rotatable bonds is 5. The van der Waals surface area contributed by atoms with Gasteiger partial charge in [-0.1, -0.05) is 6.92 Å². The minimum absolute atomic E-state index is 0.657. The summed E-state index contributed by atoms with van der Waals surface area (Å²) in [6, 6.07) is 0.657. The molecule has 0 spiro atoms. The second-order valence-corrected chi connectivity index (χ2v) is 4.57. The fraction of sp³-hybridized carbons (Fsp3) is 0.750. The second-order valence-electron chi connectivity index (χ2n) is 4.57. The van der Waals surface area contributed by atoms with E-state index in [1.54, 1.807) is 7.11 Å². The first kappa shape index (κ1) is 12.4. The molecule has 0 saturated carbocycles. The molecule has 0 aliphatic carbocycles. The van der Waals surface area contributed by atoms with E-state index in [0.717, 1.165) is 37.8 Å². The molecule has 0 bridgehead atoms. The normalized spacial score (nSPS) is 16.3. The predicted octanol–water partition coefficient (Wildman–Crippen LogP) is 0.531. The molecular formula is C12H22N4O. The summed E-state index contributed by atoms with van der Waals surface area (Å²) in [5.41, 5.74) is 2.28. The fourth-order valence-electron chi connectivity index (χ4n) is 2.35. The second kappa shape index (κ2) is 5.06. The Morgan fingerprint density at radius 2 is 2.24 bits per heavy atom. The number of hydrogen-bond donors (Lipinski definition) is 1. The van der Waals surface area contributed by atoms with Gasteiger partial charge in [0.05, 0.1) is 18.4 Å². The van der Waals surface area contributed by atoms with Crippen molar-refractivity contribution in [3.63, 3.8) is 0 Å². The Hall–Kier alpha value is -1.07. The van der Waals surface area contributed by atoms with Gasteiger partial charge in [0.1, 0.15) is 0 Å². The monoisotopic (exact) mass is 238 g/mol.